The van der Waals surface area contributed by atoms with Gasteiger partial charge in [0.15, 0.2) is 17.1 Å². The van der Waals surface area contributed by atoms with Crippen molar-refractivity contribution in [2.24, 2.45) is 5.92 Å². The normalized spacial score (nSPS) is 19.8. The zero-order valence-corrected chi connectivity index (χ0v) is 25.3. The van der Waals surface area contributed by atoms with Crippen molar-refractivity contribution < 1.29 is 29.3 Å². The van der Waals surface area contributed by atoms with Gasteiger partial charge >= 0.3 is 6.09 Å². The molecule has 2 aromatic carbocycles. The molecule has 2 saturated heterocycles. The molecular weight excluding hydrogens is 578 g/mol. The van der Waals surface area contributed by atoms with Crippen LogP contribution in [0.1, 0.15) is 30.7 Å². The zero-order chi connectivity index (χ0) is 31.7. The van der Waals surface area contributed by atoms with E-state index in [2.05, 4.69) is 4.98 Å². The van der Waals surface area contributed by atoms with Gasteiger partial charge in [-0.2, -0.15) is 0 Å². The van der Waals surface area contributed by atoms with Gasteiger partial charge in [0.05, 0.1) is 37.4 Å². The summed E-state index contributed by atoms with van der Waals surface area (Å²) in [5.41, 5.74) is 0.733. The van der Waals surface area contributed by atoms with E-state index in [4.69, 9.17) is 9.47 Å². The monoisotopic (exact) mass is 615 g/mol. The highest BCUT2D eigenvalue weighted by molar-refractivity contribution is 5.81. The Labute approximate surface area is 260 Å². The quantitative estimate of drug-likeness (QED) is 0.323. The zero-order valence-electron chi connectivity index (χ0n) is 25.3. The van der Waals surface area contributed by atoms with Gasteiger partial charge in [-0.15, -0.1) is 0 Å². The second kappa shape index (κ2) is 12.3. The fourth-order valence-corrected chi connectivity index (χ4v) is 6.66. The van der Waals surface area contributed by atoms with Crippen LogP contribution >= 0.6 is 0 Å². The fourth-order valence-electron chi connectivity index (χ4n) is 6.66. The molecule has 12 nitrogen and oxygen atoms in total. The molecule has 0 spiro atoms. The number of benzene rings is 2. The summed E-state index contributed by atoms with van der Waals surface area (Å²) in [6.45, 7) is 1.31. The maximum absolute atomic E-state index is 13.8. The van der Waals surface area contributed by atoms with E-state index in [1.807, 2.05) is 36.4 Å². The lowest BCUT2D eigenvalue weighted by Gasteiger charge is -2.42. The third-order valence-corrected chi connectivity index (χ3v) is 9.21. The molecule has 6 rings (SSSR count). The summed E-state index contributed by atoms with van der Waals surface area (Å²) in [6, 6.07) is 16.7. The Hall–Kier alpha value is -4.84. The number of methoxy groups -OCH3 is 2. The number of rotatable bonds is 7. The number of hydrogen-bond donors (Lipinski definition) is 2. The summed E-state index contributed by atoms with van der Waals surface area (Å²) < 4.78 is 14.0. The summed E-state index contributed by atoms with van der Waals surface area (Å²) in [5.74, 6) is 0.532. The smallest absolute Gasteiger partial charge is 0.407 e. The minimum absolute atomic E-state index is 0.0207. The van der Waals surface area contributed by atoms with Gasteiger partial charge in [-0.25, -0.2) is 9.78 Å². The Balaban J connectivity index is 1.15. The van der Waals surface area contributed by atoms with Crippen molar-refractivity contribution in [2.75, 3.05) is 40.4 Å². The molecule has 2 atom stereocenters. The predicted octanol–water partition coefficient (Wildman–Crippen LogP) is 3.34. The lowest BCUT2D eigenvalue weighted by Crippen LogP contribution is -2.53. The van der Waals surface area contributed by atoms with Gasteiger partial charge in [-0.1, -0.05) is 30.3 Å². The van der Waals surface area contributed by atoms with Crippen molar-refractivity contribution in [3.05, 3.63) is 83.0 Å². The second-order valence-electron chi connectivity index (χ2n) is 11.8. The number of fused-ring (bicyclic) bond motifs is 1. The number of ether oxygens (including phenoxy) is 2. The molecule has 2 amide bonds. The van der Waals surface area contributed by atoms with Crippen molar-refractivity contribution in [3.63, 3.8) is 0 Å². The largest absolute Gasteiger partial charge is 0.493 e. The van der Waals surface area contributed by atoms with Gasteiger partial charge in [0, 0.05) is 50.3 Å². The lowest BCUT2D eigenvalue weighted by atomic mass is 9.79. The Morgan fingerprint density at radius 3 is 2.40 bits per heavy atom. The van der Waals surface area contributed by atoms with Crippen LogP contribution in [0.5, 0.6) is 11.5 Å². The number of carbonyl (C=O) groups is 2. The van der Waals surface area contributed by atoms with E-state index in [0.717, 1.165) is 11.3 Å². The van der Waals surface area contributed by atoms with Crippen LogP contribution < -0.4 is 15.0 Å². The average molecular weight is 616 g/mol. The molecule has 45 heavy (non-hydrogen) atoms. The number of carbonyl (C=O) groups excluding carboxylic acids is 1. The summed E-state index contributed by atoms with van der Waals surface area (Å²) in [4.78, 5) is 46.7. The molecule has 4 aromatic rings. The Morgan fingerprint density at radius 2 is 1.71 bits per heavy atom. The van der Waals surface area contributed by atoms with Gasteiger partial charge in [0.25, 0.3) is 5.56 Å². The van der Waals surface area contributed by atoms with Crippen LogP contribution in [0, 0.1) is 5.92 Å². The van der Waals surface area contributed by atoms with Crippen molar-refractivity contribution in [1.82, 2.24) is 23.9 Å². The molecule has 12 heteroatoms. The first-order valence-electron chi connectivity index (χ1n) is 15.0. The van der Waals surface area contributed by atoms with Crippen molar-refractivity contribution in [3.8, 4) is 17.2 Å². The highest BCUT2D eigenvalue weighted by atomic mass is 16.5. The van der Waals surface area contributed by atoms with E-state index in [0.29, 0.717) is 61.4 Å². The Morgan fingerprint density at radius 1 is 0.978 bits per heavy atom. The van der Waals surface area contributed by atoms with Crippen LogP contribution in [0.3, 0.4) is 0 Å². The molecule has 0 aliphatic carbocycles. The molecule has 0 saturated carbocycles. The number of aliphatic hydroxyl groups is 1. The van der Waals surface area contributed by atoms with Gasteiger partial charge in [-0.05, 0) is 43.0 Å². The second-order valence-corrected chi connectivity index (χ2v) is 11.8. The molecule has 0 radical (unpaired) electrons. The van der Waals surface area contributed by atoms with Gasteiger partial charge in [0.1, 0.15) is 6.33 Å². The van der Waals surface area contributed by atoms with Crippen LogP contribution in [0.15, 0.2) is 71.9 Å². The fraction of sp³-hybridized carbons (Fsp3) is 0.394. The molecule has 2 aromatic heterocycles. The van der Waals surface area contributed by atoms with Crippen molar-refractivity contribution in [2.45, 2.75) is 37.3 Å². The molecule has 2 aliphatic rings. The first kappa shape index (κ1) is 30.2. The highest BCUT2D eigenvalue weighted by Gasteiger charge is 2.41. The minimum atomic E-state index is -1.19. The van der Waals surface area contributed by atoms with Crippen LogP contribution in [-0.2, 0) is 11.3 Å². The predicted molar refractivity (Wildman–Crippen MR) is 166 cm³/mol. The van der Waals surface area contributed by atoms with Crippen molar-refractivity contribution in [1.29, 1.82) is 0 Å². The molecule has 2 fully saturated rings. The van der Waals surface area contributed by atoms with Crippen LogP contribution in [0.2, 0.25) is 0 Å². The summed E-state index contributed by atoms with van der Waals surface area (Å²) >= 11 is 0. The van der Waals surface area contributed by atoms with Gasteiger partial charge in [-0.3, -0.25) is 14.2 Å². The number of nitrogens with zero attached hydrogens (tertiary/aromatic N) is 5. The SMILES string of the molecule is COc1ccc(-n2ccc3c(=O)n(CC4(O)CCN(C(=O)[C@@H]5CCN(C(=O)O)C[C@H]5c5ccccc5)CC4)cnc32)cc1OC. The maximum Gasteiger partial charge on any atom is 0.407 e. The summed E-state index contributed by atoms with van der Waals surface area (Å²) in [6.07, 6.45) is 3.30. The number of likely N-dealkylation sites (tertiary alicyclic amines) is 2. The van der Waals surface area contributed by atoms with Crippen LogP contribution in [-0.4, -0.2) is 92.1 Å². The van der Waals surface area contributed by atoms with E-state index >= 15 is 0 Å². The first-order chi connectivity index (χ1) is 21.7. The molecule has 2 aliphatic heterocycles. The highest BCUT2D eigenvalue weighted by Crippen LogP contribution is 2.36. The van der Waals surface area contributed by atoms with Crippen molar-refractivity contribution >= 4 is 23.0 Å². The van der Waals surface area contributed by atoms with Gasteiger partial charge < -0.3 is 34.1 Å². The topological polar surface area (TPSA) is 139 Å². The molecule has 2 N–H and O–H groups in total. The van der Waals surface area contributed by atoms with E-state index in [1.165, 1.54) is 15.8 Å². The van der Waals surface area contributed by atoms with Crippen LogP contribution in [0.25, 0.3) is 16.7 Å². The standard InChI is InChI=1S/C33H37N5O7/c1-44-27-9-8-23(18-28(27)45-2)38-15-11-25-29(38)34-21-37(31(25)40)20-33(43)12-16-35(17-13-33)30(39)24-10-14-36(32(41)42)19-26(24)22-6-4-3-5-7-22/h3-9,11,15,18,21,24,26,43H,10,12-14,16-17,19-20H2,1-2H3,(H,41,42)/t24-,26+/m1/s1. The lowest BCUT2D eigenvalue weighted by molar-refractivity contribution is -0.142. The van der Waals surface area contributed by atoms with E-state index < -0.39 is 11.7 Å². The molecule has 0 bridgehead atoms. The first-order valence-corrected chi connectivity index (χ1v) is 15.0. The minimum Gasteiger partial charge on any atom is -0.493 e. The number of aromatic nitrogens is 3. The van der Waals surface area contributed by atoms with E-state index in [-0.39, 0.29) is 36.4 Å². The average Bonchev–Trinajstić information content (AvgIpc) is 3.51. The number of amides is 2. The molecule has 0 unspecified atom stereocenters. The van der Waals surface area contributed by atoms with Gasteiger partial charge in [0.2, 0.25) is 5.91 Å². The Bertz CT molecular complexity index is 1760. The summed E-state index contributed by atoms with van der Waals surface area (Å²) in [5, 5.41) is 21.5. The number of hydrogen-bond acceptors (Lipinski definition) is 7. The number of piperidine rings is 2. The molecule has 236 valence electrons. The summed E-state index contributed by atoms with van der Waals surface area (Å²) in [7, 11) is 3.13. The third kappa shape index (κ3) is 5.85. The third-order valence-electron chi connectivity index (χ3n) is 9.21. The molecule has 4 heterocycles. The van der Waals surface area contributed by atoms with E-state index in [1.54, 1.807) is 48.1 Å². The van der Waals surface area contributed by atoms with Crippen LogP contribution in [0.4, 0.5) is 4.79 Å². The Kier molecular flexibility index (Phi) is 8.24. The maximum atomic E-state index is 13.8. The van der Waals surface area contributed by atoms with E-state index in [9.17, 15) is 24.6 Å². The molecular formula is C33H37N5O7. The number of carboxylic acid groups (broad SMARTS) is 1.